The molecule has 8 nitrogen and oxygen atoms in total. The highest BCUT2D eigenvalue weighted by Gasteiger charge is 2.26. The molecule has 0 fully saturated rings. The van der Waals surface area contributed by atoms with E-state index in [2.05, 4.69) is 9.50 Å². The smallest absolute Gasteiger partial charge is 0.408 e. The molecular weight excluding hydrogens is 362 g/mol. The average Bonchev–Trinajstić information content (AvgIpc) is 2.49. The number of carbonyl (C=O) groups is 2. The quantitative estimate of drug-likeness (QED) is 0.537. The van der Waals surface area contributed by atoms with E-state index >= 15 is 0 Å². The predicted molar refractivity (Wildman–Crippen MR) is 94.8 cm³/mol. The minimum Gasteiger partial charge on any atom is -0.459 e. The molecule has 1 rings (SSSR count). The molecule has 26 heavy (non-hydrogen) atoms. The van der Waals surface area contributed by atoms with Gasteiger partial charge in [-0.15, -0.1) is 0 Å². The van der Waals surface area contributed by atoms with Crippen molar-refractivity contribution in [3.8, 4) is 0 Å². The fraction of sp³-hybridized carbons (Fsp3) is 0.529. The van der Waals surface area contributed by atoms with Crippen LogP contribution in [0.3, 0.4) is 0 Å². The van der Waals surface area contributed by atoms with Gasteiger partial charge in [-0.05, 0) is 26.3 Å². The minimum atomic E-state index is -3.65. The summed E-state index contributed by atoms with van der Waals surface area (Å²) >= 11 is 0. The summed E-state index contributed by atoms with van der Waals surface area (Å²) in [6, 6.07) is 7.92. The van der Waals surface area contributed by atoms with Gasteiger partial charge in [-0.2, -0.15) is 8.42 Å². The second kappa shape index (κ2) is 9.54. The van der Waals surface area contributed by atoms with Gasteiger partial charge in [0.15, 0.2) is 0 Å². The Morgan fingerprint density at radius 2 is 1.77 bits per heavy atom. The van der Waals surface area contributed by atoms with E-state index < -0.39 is 33.8 Å². The van der Waals surface area contributed by atoms with Crippen LogP contribution in [0.2, 0.25) is 0 Å². The molecule has 0 spiro atoms. The molecule has 1 amide bonds. The van der Waals surface area contributed by atoms with Gasteiger partial charge in [0.1, 0.15) is 18.2 Å². The molecule has 1 unspecified atom stereocenters. The molecule has 0 saturated heterocycles. The van der Waals surface area contributed by atoms with Crippen molar-refractivity contribution in [1.29, 1.82) is 0 Å². The highest BCUT2D eigenvalue weighted by Crippen LogP contribution is 2.09. The van der Waals surface area contributed by atoms with E-state index in [1.807, 2.05) is 6.07 Å². The normalized spacial score (nSPS) is 12.9. The number of hydrogen-bond donors (Lipinski definition) is 1. The molecule has 1 aromatic carbocycles. The van der Waals surface area contributed by atoms with Crippen LogP contribution in [0.4, 0.5) is 4.79 Å². The molecule has 0 aromatic heterocycles. The lowest BCUT2D eigenvalue weighted by Crippen LogP contribution is -2.44. The van der Waals surface area contributed by atoms with Crippen LogP contribution < -0.4 is 5.32 Å². The topological polar surface area (TPSA) is 108 Å². The number of rotatable bonds is 8. The fourth-order valence-electron chi connectivity index (χ4n) is 1.85. The van der Waals surface area contributed by atoms with Crippen molar-refractivity contribution in [3.05, 3.63) is 35.9 Å². The highest BCUT2D eigenvalue weighted by atomic mass is 32.2. The van der Waals surface area contributed by atoms with Gasteiger partial charge in [-0.1, -0.05) is 30.3 Å². The van der Waals surface area contributed by atoms with Crippen molar-refractivity contribution in [2.45, 2.75) is 45.4 Å². The van der Waals surface area contributed by atoms with Crippen LogP contribution in [-0.2, 0) is 35.2 Å². The number of nitrogens with one attached hydrogen (secondary N) is 1. The number of benzene rings is 1. The summed E-state index contributed by atoms with van der Waals surface area (Å²) in [6.07, 6.45) is 0.00950. The van der Waals surface area contributed by atoms with Crippen LogP contribution in [0.5, 0.6) is 0 Å². The number of esters is 1. The third-order valence-corrected chi connectivity index (χ3v) is 3.50. The maximum Gasteiger partial charge on any atom is 0.408 e. The van der Waals surface area contributed by atoms with E-state index in [-0.39, 0.29) is 19.6 Å². The molecule has 0 saturated carbocycles. The first-order valence-corrected chi connectivity index (χ1v) is 9.82. The van der Waals surface area contributed by atoms with Crippen molar-refractivity contribution < 1.29 is 31.7 Å². The first-order valence-electron chi connectivity index (χ1n) is 8.01. The molecule has 9 heteroatoms. The van der Waals surface area contributed by atoms with Gasteiger partial charge in [-0.25, -0.2) is 9.59 Å². The number of amides is 1. The van der Waals surface area contributed by atoms with Crippen LogP contribution >= 0.6 is 0 Å². The molecule has 0 radical (unpaired) electrons. The summed E-state index contributed by atoms with van der Waals surface area (Å²) in [5.41, 5.74) is 0.0375. The first kappa shape index (κ1) is 21.9. The minimum absolute atomic E-state index is 0.0269. The Morgan fingerprint density at radius 3 is 2.31 bits per heavy atom. The lowest BCUT2D eigenvalue weighted by Gasteiger charge is -2.22. The van der Waals surface area contributed by atoms with Gasteiger partial charge < -0.3 is 14.8 Å². The van der Waals surface area contributed by atoms with Crippen molar-refractivity contribution in [3.63, 3.8) is 0 Å². The molecule has 0 bridgehead atoms. The third kappa shape index (κ3) is 10.00. The zero-order valence-electron chi connectivity index (χ0n) is 15.4. The molecule has 0 aliphatic heterocycles. The van der Waals surface area contributed by atoms with Crippen molar-refractivity contribution >= 4 is 22.2 Å². The van der Waals surface area contributed by atoms with Crippen LogP contribution in [0.15, 0.2) is 30.3 Å². The summed E-state index contributed by atoms with van der Waals surface area (Å²) in [5.74, 6) is -0.711. The van der Waals surface area contributed by atoms with Crippen molar-refractivity contribution in [2.75, 3.05) is 12.9 Å². The SMILES string of the molecule is CC(C)(C)OC(=O)NC(CCOS(C)(=O)=O)C(=O)OCc1ccccc1. The second-order valence-electron chi connectivity index (χ2n) is 6.61. The van der Waals surface area contributed by atoms with Crippen molar-refractivity contribution in [2.24, 2.45) is 0 Å². The number of alkyl carbamates (subject to hydrolysis) is 1. The molecule has 0 aliphatic rings. The third-order valence-electron chi connectivity index (χ3n) is 2.90. The standard InChI is InChI=1S/C17H25NO7S/c1-17(2,3)25-16(20)18-14(10-11-24-26(4,21)22)15(19)23-12-13-8-6-5-7-9-13/h5-9,14H,10-12H2,1-4H3,(H,18,20). The Hall–Kier alpha value is -2.13. The zero-order valence-corrected chi connectivity index (χ0v) is 16.2. The Kier molecular flexibility index (Phi) is 8.04. The molecule has 1 aromatic rings. The van der Waals surface area contributed by atoms with Gasteiger partial charge in [0.05, 0.1) is 12.9 Å². The van der Waals surface area contributed by atoms with Crippen molar-refractivity contribution in [1.82, 2.24) is 5.32 Å². The van der Waals surface area contributed by atoms with Crippen LogP contribution in [-0.4, -0.2) is 45.0 Å². The Bertz CT molecular complexity index is 696. The maximum absolute atomic E-state index is 12.3. The van der Waals surface area contributed by atoms with Gasteiger partial charge in [-0.3, -0.25) is 4.18 Å². The summed E-state index contributed by atoms with van der Waals surface area (Å²) in [5, 5.41) is 2.39. The van der Waals surface area contributed by atoms with Crippen LogP contribution in [0, 0.1) is 0 Å². The van der Waals surface area contributed by atoms with E-state index in [9.17, 15) is 18.0 Å². The maximum atomic E-state index is 12.3. The van der Waals surface area contributed by atoms with E-state index in [0.29, 0.717) is 0 Å². The predicted octanol–water partition coefficient (Wildman–Crippen LogP) is 1.99. The summed E-state index contributed by atoms with van der Waals surface area (Å²) < 4.78 is 37.0. The largest absolute Gasteiger partial charge is 0.459 e. The molecular formula is C17H25NO7S. The van der Waals surface area contributed by atoms with Crippen LogP contribution in [0.1, 0.15) is 32.8 Å². The molecule has 0 aliphatic carbocycles. The molecule has 0 heterocycles. The van der Waals surface area contributed by atoms with E-state index in [1.165, 1.54) is 0 Å². The van der Waals surface area contributed by atoms with Gasteiger partial charge in [0.25, 0.3) is 10.1 Å². The summed E-state index contributed by atoms with van der Waals surface area (Å²) in [4.78, 5) is 24.2. The molecule has 1 N–H and O–H groups in total. The summed E-state index contributed by atoms with van der Waals surface area (Å²) in [7, 11) is -3.65. The lowest BCUT2D eigenvalue weighted by molar-refractivity contribution is -0.147. The first-order chi connectivity index (χ1) is 12.0. The van der Waals surface area contributed by atoms with E-state index in [0.717, 1.165) is 11.8 Å². The van der Waals surface area contributed by atoms with Gasteiger partial charge >= 0.3 is 12.1 Å². The Labute approximate surface area is 153 Å². The Balaban J connectivity index is 2.68. The second-order valence-corrected chi connectivity index (χ2v) is 8.25. The van der Waals surface area contributed by atoms with Gasteiger partial charge in [0.2, 0.25) is 0 Å². The van der Waals surface area contributed by atoms with Crippen LogP contribution in [0.25, 0.3) is 0 Å². The molecule has 146 valence electrons. The summed E-state index contributed by atoms with van der Waals surface area (Å²) in [6.45, 7) is 4.80. The number of carbonyl (C=O) groups excluding carboxylic acids is 2. The average molecular weight is 387 g/mol. The fourth-order valence-corrected chi connectivity index (χ4v) is 2.24. The Morgan fingerprint density at radius 1 is 1.15 bits per heavy atom. The lowest BCUT2D eigenvalue weighted by atomic mass is 10.2. The van der Waals surface area contributed by atoms with E-state index in [1.54, 1.807) is 45.0 Å². The van der Waals surface area contributed by atoms with Gasteiger partial charge in [0, 0.05) is 6.42 Å². The highest BCUT2D eigenvalue weighted by molar-refractivity contribution is 7.85. The number of hydrogen-bond acceptors (Lipinski definition) is 7. The number of ether oxygens (including phenoxy) is 2. The molecule has 1 atom stereocenters. The monoisotopic (exact) mass is 387 g/mol. The van der Waals surface area contributed by atoms with E-state index in [4.69, 9.17) is 9.47 Å². The zero-order chi connectivity index (χ0) is 19.8.